The number of fused-ring (bicyclic) bond motifs is 1. The Bertz CT molecular complexity index is 550. The average molecular weight is 266 g/mol. The molecular weight excluding hydrogens is 244 g/mol. The van der Waals surface area contributed by atoms with E-state index >= 15 is 0 Å². The van der Waals surface area contributed by atoms with Gasteiger partial charge in [0.2, 0.25) is 0 Å². The number of nitrogens with zero attached hydrogens (tertiary/aromatic N) is 1. The van der Waals surface area contributed by atoms with Crippen LogP contribution >= 0.6 is 0 Å². The molecule has 0 saturated heterocycles. The maximum Gasteiger partial charge on any atom is 0.0419 e. The van der Waals surface area contributed by atoms with Crippen LogP contribution in [0, 0.1) is 0 Å². The summed E-state index contributed by atoms with van der Waals surface area (Å²) < 4.78 is 0. The Kier molecular flexibility index (Phi) is 4.12. The van der Waals surface area contributed by atoms with Crippen molar-refractivity contribution in [1.82, 2.24) is 4.98 Å². The number of aromatic nitrogens is 1. The van der Waals surface area contributed by atoms with Gasteiger partial charge in [-0.25, -0.2) is 0 Å². The maximum absolute atomic E-state index is 6.35. The summed E-state index contributed by atoms with van der Waals surface area (Å²) in [5.74, 6) is 0.624. The zero-order chi connectivity index (χ0) is 13.8. The van der Waals surface area contributed by atoms with E-state index in [2.05, 4.69) is 35.3 Å². The smallest absolute Gasteiger partial charge is 0.0419 e. The highest BCUT2D eigenvalue weighted by Crippen LogP contribution is 2.34. The summed E-state index contributed by atoms with van der Waals surface area (Å²) >= 11 is 0. The molecule has 2 nitrogen and oxygen atoms in total. The maximum atomic E-state index is 6.35. The summed E-state index contributed by atoms with van der Waals surface area (Å²) in [5.41, 5.74) is 10.5. The number of aryl methyl sites for hydroxylation is 1. The SMILES string of the molecule is NC(Cc1ccccn1)CC1CCCc2ccccc21. The summed E-state index contributed by atoms with van der Waals surface area (Å²) in [7, 11) is 0. The average Bonchev–Trinajstić information content (AvgIpc) is 2.48. The summed E-state index contributed by atoms with van der Waals surface area (Å²) in [5, 5.41) is 0. The lowest BCUT2D eigenvalue weighted by molar-refractivity contribution is 0.464. The van der Waals surface area contributed by atoms with Crippen molar-refractivity contribution >= 4 is 0 Å². The molecule has 0 bridgehead atoms. The molecule has 0 aliphatic heterocycles. The summed E-state index contributed by atoms with van der Waals surface area (Å²) in [6.45, 7) is 0. The van der Waals surface area contributed by atoms with E-state index in [1.165, 1.54) is 30.4 Å². The van der Waals surface area contributed by atoms with Crippen molar-refractivity contribution in [2.75, 3.05) is 0 Å². The van der Waals surface area contributed by atoms with Crippen LogP contribution in [0.3, 0.4) is 0 Å². The predicted octanol–water partition coefficient (Wildman–Crippen LogP) is 3.46. The van der Waals surface area contributed by atoms with Gasteiger partial charge in [-0.1, -0.05) is 30.3 Å². The Hall–Kier alpha value is -1.67. The number of rotatable bonds is 4. The third kappa shape index (κ3) is 3.07. The lowest BCUT2D eigenvalue weighted by Gasteiger charge is -2.27. The van der Waals surface area contributed by atoms with Crippen molar-refractivity contribution in [2.45, 2.75) is 44.1 Å². The number of hydrogen-bond donors (Lipinski definition) is 1. The van der Waals surface area contributed by atoms with Crippen LogP contribution in [0.2, 0.25) is 0 Å². The number of pyridine rings is 1. The molecule has 2 aromatic rings. The van der Waals surface area contributed by atoms with Gasteiger partial charge in [-0.2, -0.15) is 0 Å². The van der Waals surface area contributed by atoms with Crippen LogP contribution in [-0.4, -0.2) is 11.0 Å². The summed E-state index contributed by atoms with van der Waals surface area (Å²) in [6, 6.07) is 15.1. The molecule has 1 aromatic heterocycles. The first kappa shape index (κ1) is 13.3. The van der Waals surface area contributed by atoms with E-state index in [0.29, 0.717) is 5.92 Å². The molecule has 20 heavy (non-hydrogen) atoms. The number of benzene rings is 1. The van der Waals surface area contributed by atoms with Gasteiger partial charge in [0, 0.05) is 24.4 Å². The lowest BCUT2D eigenvalue weighted by Crippen LogP contribution is -2.27. The lowest BCUT2D eigenvalue weighted by atomic mass is 9.79. The Labute approximate surface area is 121 Å². The monoisotopic (exact) mass is 266 g/mol. The highest BCUT2D eigenvalue weighted by molar-refractivity contribution is 5.32. The minimum atomic E-state index is 0.195. The van der Waals surface area contributed by atoms with Crippen LogP contribution in [0.1, 0.15) is 42.0 Å². The van der Waals surface area contributed by atoms with Gasteiger partial charge in [-0.15, -0.1) is 0 Å². The van der Waals surface area contributed by atoms with Gasteiger partial charge in [0.25, 0.3) is 0 Å². The van der Waals surface area contributed by atoms with E-state index in [-0.39, 0.29) is 6.04 Å². The van der Waals surface area contributed by atoms with E-state index < -0.39 is 0 Å². The van der Waals surface area contributed by atoms with Crippen LogP contribution in [0.25, 0.3) is 0 Å². The summed E-state index contributed by atoms with van der Waals surface area (Å²) in [6.07, 6.45) is 7.57. The van der Waals surface area contributed by atoms with Gasteiger partial charge in [0.15, 0.2) is 0 Å². The van der Waals surface area contributed by atoms with Crippen LogP contribution in [0.15, 0.2) is 48.7 Å². The Morgan fingerprint density at radius 1 is 1.15 bits per heavy atom. The van der Waals surface area contributed by atoms with Gasteiger partial charge in [-0.05, 0) is 54.9 Å². The molecule has 2 heteroatoms. The van der Waals surface area contributed by atoms with E-state index in [4.69, 9.17) is 5.73 Å². The summed E-state index contributed by atoms with van der Waals surface area (Å²) in [4.78, 5) is 4.38. The standard InChI is InChI=1S/C18H22N2/c19-16(13-17-9-3-4-11-20-17)12-15-8-5-7-14-6-1-2-10-18(14)15/h1-4,6,9-11,15-16H,5,7-8,12-13,19H2. The van der Waals surface area contributed by atoms with Gasteiger partial charge >= 0.3 is 0 Å². The fourth-order valence-electron chi connectivity index (χ4n) is 3.34. The highest BCUT2D eigenvalue weighted by atomic mass is 14.7. The van der Waals surface area contributed by atoms with Crippen LogP contribution in [-0.2, 0) is 12.8 Å². The normalized spacial score (nSPS) is 19.4. The van der Waals surface area contributed by atoms with Crippen molar-refractivity contribution in [3.05, 3.63) is 65.5 Å². The number of hydrogen-bond acceptors (Lipinski definition) is 2. The van der Waals surface area contributed by atoms with Crippen LogP contribution < -0.4 is 5.73 Å². The Balaban J connectivity index is 1.66. The fourth-order valence-corrected chi connectivity index (χ4v) is 3.34. The van der Waals surface area contributed by atoms with Gasteiger partial charge in [0.05, 0.1) is 0 Å². The zero-order valence-corrected chi connectivity index (χ0v) is 11.8. The third-order valence-corrected chi connectivity index (χ3v) is 4.28. The van der Waals surface area contributed by atoms with E-state index in [9.17, 15) is 0 Å². The molecule has 2 atom stereocenters. The van der Waals surface area contributed by atoms with Crippen molar-refractivity contribution < 1.29 is 0 Å². The van der Waals surface area contributed by atoms with Gasteiger partial charge in [0.1, 0.15) is 0 Å². The predicted molar refractivity (Wildman–Crippen MR) is 82.7 cm³/mol. The molecule has 1 heterocycles. The van der Waals surface area contributed by atoms with Crippen LogP contribution in [0.5, 0.6) is 0 Å². The molecule has 0 fully saturated rings. The van der Waals surface area contributed by atoms with Crippen molar-refractivity contribution in [2.24, 2.45) is 5.73 Å². The second kappa shape index (κ2) is 6.19. The molecule has 1 aliphatic rings. The molecular formula is C18H22N2. The molecule has 104 valence electrons. The largest absolute Gasteiger partial charge is 0.327 e. The van der Waals surface area contributed by atoms with E-state index in [1.807, 2.05) is 18.3 Å². The first-order valence-corrected chi connectivity index (χ1v) is 7.56. The topological polar surface area (TPSA) is 38.9 Å². The minimum Gasteiger partial charge on any atom is -0.327 e. The molecule has 0 saturated carbocycles. The zero-order valence-electron chi connectivity index (χ0n) is 11.8. The second-order valence-corrected chi connectivity index (χ2v) is 5.81. The fraction of sp³-hybridized carbons (Fsp3) is 0.389. The van der Waals surface area contributed by atoms with Crippen molar-refractivity contribution in [1.29, 1.82) is 0 Å². The molecule has 0 radical (unpaired) electrons. The first-order chi connectivity index (χ1) is 9.83. The second-order valence-electron chi connectivity index (χ2n) is 5.81. The molecule has 1 aliphatic carbocycles. The van der Waals surface area contributed by atoms with Crippen molar-refractivity contribution in [3.63, 3.8) is 0 Å². The molecule has 2 unspecified atom stereocenters. The number of nitrogens with two attached hydrogens (primary N) is 1. The van der Waals surface area contributed by atoms with Crippen molar-refractivity contribution in [3.8, 4) is 0 Å². The quantitative estimate of drug-likeness (QED) is 0.920. The van der Waals surface area contributed by atoms with E-state index in [0.717, 1.165) is 18.5 Å². The molecule has 1 aromatic carbocycles. The van der Waals surface area contributed by atoms with Crippen LogP contribution in [0.4, 0.5) is 0 Å². The highest BCUT2D eigenvalue weighted by Gasteiger charge is 2.22. The van der Waals surface area contributed by atoms with Gasteiger partial charge in [-0.3, -0.25) is 4.98 Å². The van der Waals surface area contributed by atoms with E-state index in [1.54, 1.807) is 0 Å². The molecule has 2 N–H and O–H groups in total. The molecule has 0 spiro atoms. The molecule has 0 amide bonds. The Morgan fingerprint density at radius 2 is 2.00 bits per heavy atom. The Morgan fingerprint density at radius 3 is 2.85 bits per heavy atom. The van der Waals surface area contributed by atoms with Gasteiger partial charge < -0.3 is 5.73 Å². The molecule has 3 rings (SSSR count). The minimum absolute atomic E-state index is 0.195. The third-order valence-electron chi connectivity index (χ3n) is 4.28. The first-order valence-electron chi connectivity index (χ1n) is 7.56.